The van der Waals surface area contributed by atoms with Crippen molar-refractivity contribution >= 4 is 22.6 Å². The van der Waals surface area contributed by atoms with Crippen molar-refractivity contribution in [1.82, 2.24) is 29.5 Å². The monoisotopic (exact) mass is 365 g/mol. The van der Waals surface area contributed by atoms with Crippen LogP contribution < -0.4 is 5.32 Å². The zero-order chi connectivity index (χ0) is 19.0. The summed E-state index contributed by atoms with van der Waals surface area (Å²) in [6, 6.07) is 4.11. The van der Waals surface area contributed by atoms with E-state index >= 15 is 0 Å². The molecule has 0 radical (unpaired) electrons. The Morgan fingerprint density at radius 1 is 1.11 bits per heavy atom. The molecule has 3 aromatic heterocycles. The molecule has 1 saturated heterocycles. The van der Waals surface area contributed by atoms with Gasteiger partial charge in [-0.3, -0.25) is 15.0 Å². The molecule has 0 spiro atoms. The number of hydrogen-bond acceptors (Lipinski definition) is 5. The minimum atomic E-state index is -0.108. The number of aromatic nitrogens is 4. The fourth-order valence-corrected chi connectivity index (χ4v) is 3.24. The molecule has 1 aliphatic heterocycles. The van der Waals surface area contributed by atoms with Gasteiger partial charge in [-0.15, -0.1) is 0 Å². The Labute approximate surface area is 157 Å². The molecule has 8 heteroatoms. The quantitative estimate of drug-likeness (QED) is 0.753. The number of nitrogens with one attached hydrogen (secondary N) is 1. The van der Waals surface area contributed by atoms with Gasteiger partial charge >= 0.3 is 6.03 Å². The van der Waals surface area contributed by atoms with E-state index in [-0.39, 0.29) is 6.03 Å². The van der Waals surface area contributed by atoms with Crippen LogP contribution >= 0.6 is 0 Å². The lowest BCUT2D eigenvalue weighted by atomic mass is 10.1. The highest BCUT2D eigenvalue weighted by Crippen LogP contribution is 2.23. The van der Waals surface area contributed by atoms with Crippen molar-refractivity contribution in [2.75, 3.05) is 32.0 Å². The minimum Gasteiger partial charge on any atom is -0.322 e. The van der Waals surface area contributed by atoms with Gasteiger partial charge in [0.1, 0.15) is 5.82 Å². The van der Waals surface area contributed by atoms with Crippen molar-refractivity contribution in [2.24, 2.45) is 7.05 Å². The van der Waals surface area contributed by atoms with Gasteiger partial charge in [0, 0.05) is 62.3 Å². The molecule has 0 aliphatic carbocycles. The average molecular weight is 365 g/mol. The standard InChI is InChI=1S/C19H23N7O/c1-13-11-26(5-4-24(13)2)19(27)23-18-7-14-6-17(16-10-22-25(3)12-16)20-8-15(14)9-21-18/h6-10,12-13H,4-5,11H2,1-3H3,(H,21,23,27). The molecule has 1 fully saturated rings. The molecule has 0 aromatic carbocycles. The maximum Gasteiger partial charge on any atom is 0.323 e. The summed E-state index contributed by atoms with van der Waals surface area (Å²) in [4.78, 5) is 25.5. The zero-order valence-electron chi connectivity index (χ0n) is 15.8. The first-order valence-corrected chi connectivity index (χ1v) is 9.00. The van der Waals surface area contributed by atoms with Gasteiger partial charge in [0.15, 0.2) is 0 Å². The number of fused-ring (bicyclic) bond motifs is 1. The number of anilines is 1. The SMILES string of the molecule is CC1CN(C(=O)Nc2cc3cc(-c4cnn(C)c4)ncc3cn2)CCN1C. The Kier molecular flexibility index (Phi) is 4.49. The van der Waals surface area contributed by atoms with Gasteiger partial charge < -0.3 is 9.80 Å². The van der Waals surface area contributed by atoms with E-state index in [0.29, 0.717) is 18.4 Å². The van der Waals surface area contributed by atoms with Crippen molar-refractivity contribution in [3.05, 3.63) is 36.9 Å². The van der Waals surface area contributed by atoms with Crippen molar-refractivity contribution in [2.45, 2.75) is 13.0 Å². The van der Waals surface area contributed by atoms with E-state index in [9.17, 15) is 4.79 Å². The lowest BCUT2D eigenvalue weighted by molar-refractivity contribution is 0.125. The second-order valence-corrected chi connectivity index (χ2v) is 7.09. The molecule has 0 bridgehead atoms. The summed E-state index contributed by atoms with van der Waals surface area (Å²) < 4.78 is 1.75. The van der Waals surface area contributed by atoms with Crippen LogP contribution in [0.25, 0.3) is 22.0 Å². The number of rotatable bonds is 2. The molecule has 1 atom stereocenters. The number of piperazine rings is 1. The van der Waals surface area contributed by atoms with Gasteiger partial charge in [-0.2, -0.15) is 5.10 Å². The lowest BCUT2D eigenvalue weighted by Crippen LogP contribution is -2.53. The van der Waals surface area contributed by atoms with E-state index in [1.165, 1.54) is 0 Å². The molecule has 4 rings (SSSR count). The van der Waals surface area contributed by atoms with E-state index in [0.717, 1.165) is 35.1 Å². The Morgan fingerprint density at radius 2 is 1.93 bits per heavy atom. The maximum atomic E-state index is 12.6. The second-order valence-electron chi connectivity index (χ2n) is 7.09. The van der Waals surface area contributed by atoms with Crippen molar-refractivity contribution in [1.29, 1.82) is 0 Å². The number of aryl methyl sites for hydroxylation is 1. The number of likely N-dealkylation sites (N-methyl/N-ethyl adjacent to an activating group) is 1. The van der Waals surface area contributed by atoms with Crippen LogP contribution in [0.1, 0.15) is 6.92 Å². The number of amides is 2. The van der Waals surface area contributed by atoms with Gasteiger partial charge in [0.05, 0.1) is 11.9 Å². The molecule has 2 amide bonds. The zero-order valence-corrected chi connectivity index (χ0v) is 15.8. The summed E-state index contributed by atoms with van der Waals surface area (Å²) in [7, 11) is 3.96. The summed E-state index contributed by atoms with van der Waals surface area (Å²) in [5.74, 6) is 0.544. The second kappa shape index (κ2) is 6.96. The van der Waals surface area contributed by atoms with Crippen LogP contribution in [-0.2, 0) is 7.05 Å². The van der Waals surface area contributed by atoms with Crippen molar-refractivity contribution < 1.29 is 4.79 Å². The first-order valence-electron chi connectivity index (χ1n) is 9.00. The smallest absolute Gasteiger partial charge is 0.322 e. The number of pyridine rings is 2. The fourth-order valence-electron chi connectivity index (χ4n) is 3.24. The molecule has 1 N–H and O–H groups in total. The average Bonchev–Trinajstić information content (AvgIpc) is 3.09. The third kappa shape index (κ3) is 3.61. The Bertz CT molecular complexity index is 983. The lowest BCUT2D eigenvalue weighted by Gasteiger charge is -2.37. The summed E-state index contributed by atoms with van der Waals surface area (Å²) in [6.07, 6.45) is 7.23. The number of carbonyl (C=O) groups excluding carboxylic acids is 1. The molecule has 140 valence electrons. The van der Waals surface area contributed by atoms with E-state index < -0.39 is 0 Å². The van der Waals surface area contributed by atoms with Crippen LogP contribution in [-0.4, -0.2) is 68.3 Å². The van der Waals surface area contributed by atoms with Crippen molar-refractivity contribution in [3.63, 3.8) is 0 Å². The van der Waals surface area contributed by atoms with Crippen LogP contribution in [0, 0.1) is 0 Å². The van der Waals surface area contributed by atoms with Gasteiger partial charge in [-0.1, -0.05) is 0 Å². The van der Waals surface area contributed by atoms with Crippen LogP contribution in [0.4, 0.5) is 10.6 Å². The predicted molar refractivity (Wildman–Crippen MR) is 104 cm³/mol. The van der Waals surface area contributed by atoms with Gasteiger partial charge in [0.25, 0.3) is 0 Å². The molecule has 8 nitrogen and oxygen atoms in total. The molecule has 27 heavy (non-hydrogen) atoms. The number of urea groups is 1. The third-order valence-corrected chi connectivity index (χ3v) is 5.09. The fraction of sp³-hybridized carbons (Fsp3) is 0.368. The Hall–Kier alpha value is -3.00. The van der Waals surface area contributed by atoms with Crippen LogP contribution in [0.2, 0.25) is 0 Å². The van der Waals surface area contributed by atoms with Gasteiger partial charge in [-0.05, 0) is 31.5 Å². The first-order chi connectivity index (χ1) is 13.0. The van der Waals surface area contributed by atoms with E-state index in [4.69, 9.17) is 0 Å². The largest absolute Gasteiger partial charge is 0.323 e. The summed E-state index contributed by atoms with van der Waals surface area (Å²) in [5, 5.41) is 9.01. The Balaban J connectivity index is 1.54. The number of hydrogen-bond donors (Lipinski definition) is 1. The summed E-state index contributed by atoms with van der Waals surface area (Å²) in [5.41, 5.74) is 1.79. The van der Waals surface area contributed by atoms with Crippen LogP contribution in [0.5, 0.6) is 0 Å². The van der Waals surface area contributed by atoms with E-state index in [2.05, 4.69) is 39.3 Å². The molecule has 0 saturated carbocycles. The van der Waals surface area contributed by atoms with Gasteiger partial charge in [0.2, 0.25) is 0 Å². The molecular formula is C19H23N7O. The van der Waals surface area contributed by atoms with Crippen molar-refractivity contribution in [3.8, 4) is 11.3 Å². The summed E-state index contributed by atoms with van der Waals surface area (Å²) in [6.45, 7) is 4.43. The predicted octanol–water partition coefficient (Wildman–Crippen LogP) is 2.20. The molecule has 1 aliphatic rings. The number of carbonyl (C=O) groups is 1. The topological polar surface area (TPSA) is 79.2 Å². The molecule has 3 aromatic rings. The normalized spacial score (nSPS) is 18.0. The minimum absolute atomic E-state index is 0.108. The van der Waals surface area contributed by atoms with E-state index in [1.54, 1.807) is 23.3 Å². The Morgan fingerprint density at radius 3 is 2.67 bits per heavy atom. The highest BCUT2D eigenvalue weighted by atomic mass is 16.2. The van der Waals surface area contributed by atoms with Gasteiger partial charge in [-0.25, -0.2) is 9.78 Å². The highest BCUT2D eigenvalue weighted by molar-refractivity contribution is 5.92. The third-order valence-electron chi connectivity index (χ3n) is 5.09. The van der Waals surface area contributed by atoms with Crippen LogP contribution in [0.15, 0.2) is 36.9 Å². The molecule has 1 unspecified atom stereocenters. The molecular weight excluding hydrogens is 342 g/mol. The summed E-state index contributed by atoms with van der Waals surface area (Å²) >= 11 is 0. The maximum absolute atomic E-state index is 12.6. The highest BCUT2D eigenvalue weighted by Gasteiger charge is 2.24. The van der Waals surface area contributed by atoms with Crippen LogP contribution in [0.3, 0.4) is 0 Å². The first kappa shape index (κ1) is 17.4. The van der Waals surface area contributed by atoms with E-state index in [1.807, 2.05) is 30.3 Å². The number of nitrogens with zero attached hydrogens (tertiary/aromatic N) is 6. The molecule has 4 heterocycles.